The van der Waals surface area contributed by atoms with Crippen molar-refractivity contribution in [3.05, 3.63) is 35.9 Å². The second kappa shape index (κ2) is 7.67. The summed E-state index contributed by atoms with van der Waals surface area (Å²) in [6, 6.07) is 10.5. The van der Waals surface area contributed by atoms with Crippen LogP contribution in [0.4, 0.5) is 8.78 Å². The Morgan fingerprint density at radius 2 is 1.85 bits per heavy atom. The minimum absolute atomic E-state index is 0.0268. The van der Waals surface area contributed by atoms with E-state index in [1.165, 1.54) is 5.56 Å². The van der Waals surface area contributed by atoms with Crippen molar-refractivity contribution in [3.8, 4) is 0 Å². The van der Waals surface area contributed by atoms with Gasteiger partial charge in [0.1, 0.15) is 6.10 Å². The molecule has 1 aliphatic rings. The van der Waals surface area contributed by atoms with Gasteiger partial charge < -0.3 is 10.4 Å². The third-order valence-corrected chi connectivity index (χ3v) is 3.74. The Labute approximate surface area is 118 Å². The van der Waals surface area contributed by atoms with Crippen LogP contribution in [0, 0.1) is 0 Å². The molecular formula is C15H22F2N2O. The zero-order chi connectivity index (χ0) is 14.4. The van der Waals surface area contributed by atoms with Gasteiger partial charge in [-0.05, 0) is 31.5 Å². The molecule has 0 saturated carbocycles. The summed E-state index contributed by atoms with van der Waals surface area (Å²) in [5.74, 6) is 0. The lowest BCUT2D eigenvalue weighted by Gasteiger charge is -2.32. The van der Waals surface area contributed by atoms with E-state index in [9.17, 15) is 8.78 Å². The molecule has 20 heavy (non-hydrogen) atoms. The molecule has 5 heteroatoms. The fourth-order valence-electron chi connectivity index (χ4n) is 2.51. The number of hydrogen-bond acceptors (Lipinski definition) is 3. The number of hydrogen-bond donors (Lipinski definition) is 2. The van der Waals surface area contributed by atoms with Crippen molar-refractivity contribution in [2.24, 2.45) is 0 Å². The van der Waals surface area contributed by atoms with Gasteiger partial charge in [-0.2, -0.15) is 0 Å². The van der Waals surface area contributed by atoms with Crippen molar-refractivity contribution in [2.45, 2.75) is 38.0 Å². The summed E-state index contributed by atoms with van der Waals surface area (Å²) < 4.78 is 24.4. The molecule has 112 valence electrons. The largest absolute Gasteiger partial charge is 0.386 e. The molecule has 0 aromatic heterocycles. The maximum atomic E-state index is 12.2. The summed E-state index contributed by atoms with van der Waals surface area (Å²) in [5, 5.41) is 12.1. The van der Waals surface area contributed by atoms with Gasteiger partial charge in [0.2, 0.25) is 0 Å². The van der Waals surface area contributed by atoms with Crippen molar-refractivity contribution in [2.75, 3.05) is 19.6 Å². The second-order valence-electron chi connectivity index (χ2n) is 5.35. The van der Waals surface area contributed by atoms with Crippen LogP contribution in [0.15, 0.2) is 30.3 Å². The van der Waals surface area contributed by atoms with Gasteiger partial charge in [-0.3, -0.25) is 4.90 Å². The minimum atomic E-state index is -2.67. The summed E-state index contributed by atoms with van der Waals surface area (Å²) in [6.45, 7) is 2.82. The van der Waals surface area contributed by atoms with Crippen molar-refractivity contribution in [1.82, 2.24) is 10.2 Å². The van der Waals surface area contributed by atoms with E-state index in [1.807, 2.05) is 18.2 Å². The number of piperidine rings is 1. The summed E-state index contributed by atoms with van der Waals surface area (Å²) >= 11 is 0. The van der Waals surface area contributed by atoms with Crippen molar-refractivity contribution >= 4 is 0 Å². The normalized spacial score (nSPS) is 19.4. The maximum Gasteiger partial charge on any atom is 0.265 e. The van der Waals surface area contributed by atoms with Crippen molar-refractivity contribution in [3.63, 3.8) is 0 Å². The van der Waals surface area contributed by atoms with Gasteiger partial charge >= 0.3 is 0 Å². The topological polar surface area (TPSA) is 35.5 Å². The Bertz CT molecular complexity index is 381. The molecule has 2 N–H and O–H groups in total. The average Bonchev–Trinajstić information content (AvgIpc) is 2.47. The van der Waals surface area contributed by atoms with E-state index >= 15 is 0 Å². The standard InChI is InChI=1S/C15H22F2N2O/c16-15(17)14(20)10-18-13-6-8-19(9-7-13)11-12-4-2-1-3-5-12/h1-5,13-15,18,20H,6-11H2. The third kappa shape index (κ3) is 4.81. The zero-order valence-electron chi connectivity index (χ0n) is 11.5. The molecule has 0 amide bonds. The molecule has 2 rings (SSSR count). The maximum absolute atomic E-state index is 12.2. The van der Waals surface area contributed by atoms with E-state index in [4.69, 9.17) is 5.11 Å². The minimum Gasteiger partial charge on any atom is -0.386 e. The van der Waals surface area contributed by atoms with Crippen LogP contribution in [-0.4, -0.2) is 48.2 Å². The highest BCUT2D eigenvalue weighted by Crippen LogP contribution is 2.14. The van der Waals surface area contributed by atoms with Gasteiger partial charge in [0.05, 0.1) is 0 Å². The van der Waals surface area contributed by atoms with Crippen LogP contribution < -0.4 is 5.32 Å². The van der Waals surface area contributed by atoms with E-state index in [1.54, 1.807) is 0 Å². The molecule has 0 bridgehead atoms. The van der Waals surface area contributed by atoms with E-state index in [-0.39, 0.29) is 12.6 Å². The van der Waals surface area contributed by atoms with E-state index < -0.39 is 12.5 Å². The monoisotopic (exact) mass is 284 g/mol. The molecule has 1 aliphatic heterocycles. The van der Waals surface area contributed by atoms with Crippen molar-refractivity contribution in [1.29, 1.82) is 0 Å². The van der Waals surface area contributed by atoms with E-state index in [2.05, 4.69) is 22.3 Å². The molecule has 1 heterocycles. The zero-order valence-corrected chi connectivity index (χ0v) is 11.5. The number of rotatable bonds is 6. The van der Waals surface area contributed by atoms with Crippen LogP contribution in [0.3, 0.4) is 0 Å². The Morgan fingerprint density at radius 3 is 2.45 bits per heavy atom. The molecule has 1 atom stereocenters. The van der Waals surface area contributed by atoms with Gasteiger partial charge in [0.25, 0.3) is 6.43 Å². The van der Waals surface area contributed by atoms with Gasteiger partial charge in [0.15, 0.2) is 0 Å². The molecule has 0 spiro atoms. The Hall–Kier alpha value is -1.04. The van der Waals surface area contributed by atoms with Crippen LogP contribution in [0.1, 0.15) is 18.4 Å². The first-order chi connectivity index (χ1) is 9.65. The van der Waals surface area contributed by atoms with Gasteiger partial charge in [-0.1, -0.05) is 30.3 Å². The van der Waals surface area contributed by atoms with Crippen LogP contribution in [0.25, 0.3) is 0 Å². The van der Waals surface area contributed by atoms with Crippen molar-refractivity contribution < 1.29 is 13.9 Å². The van der Waals surface area contributed by atoms with Crippen LogP contribution in [0.2, 0.25) is 0 Å². The molecule has 0 radical (unpaired) electrons. The highest BCUT2D eigenvalue weighted by atomic mass is 19.3. The lowest BCUT2D eigenvalue weighted by Crippen LogP contribution is -2.45. The lowest BCUT2D eigenvalue weighted by atomic mass is 10.0. The van der Waals surface area contributed by atoms with E-state index in [0.717, 1.165) is 32.5 Å². The number of nitrogens with zero attached hydrogens (tertiary/aromatic N) is 1. The Morgan fingerprint density at radius 1 is 1.20 bits per heavy atom. The predicted octanol–water partition coefficient (Wildman–Crippen LogP) is 1.87. The third-order valence-electron chi connectivity index (χ3n) is 3.74. The second-order valence-corrected chi connectivity index (χ2v) is 5.35. The van der Waals surface area contributed by atoms with Crippen LogP contribution in [-0.2, 0) is 6.54 Å². The van der Waals surface area contributed by atoms with Crippen LogP contribution in [0.5, 0.6) is 0 Å². The smallest absolute Gasteiger partial charge is 0.265 e. The first kappa shape index (κ1) is 15.4. The quantitative estimate of drug-likeness (QED) is 0.837. The molecule has 1 unspecified atom stereocenters. The number of benzene rings is 1. The Balaban J connectivity index is 1.67. The fourth-order valence-corrected chi connectivity index (χ4v) is 2.51. The van der Waals surface area contributed by atoms with Gasteiger partial charge in [-0.15, -0.1) is 0 Å². The molecule has 0 aliphatic carbocycles. The number of alkyl halides is 2. The fraction of sp³-hybridized carbons (Fsp3) is 0.600. The molecular weight excluding hydrogens is 262 g/mol. The first-order valence-corrected chi connectivity index (χ1v) is 7.11. The van der Waals surface area contributed by atoms with E-state index in [0.29, 0.717) is 0 Å². The summed E-state index contributed by atoms with van der Waals surface area (Å²) in [5.41, 5.74) is 1.30. The highest BCUT2D eigenvalue weighted by molar-refractivity contribution is 5.14. The molecule has 3 nitrogen and oxygen atoms in total. The number of aliphatic hydroxyl groups is 1. The summed E-state index contributed by atoms with van der Waals surface area (Å²) in [4.78, 5) is 2.37. The molecule has 1 aromatic rings. The van der Waals surface area contributed by atoms with Crippen LogP contribution >= 0.6 is 0 Å². The average molecular weight is 284 g/mol. The van der Waals surface area contributed by atoms with Gasteiger partial charge in [-0.25, -0.2) is 8.78 Å². The number of aliphatic hydroxyl groups excluding tert-OH is 1. The molecule has 1 fully saturated rings. The lowest BCUT2D eigenvalue weighted by molar-refractivity contribution is -0.00575. The SMILES string of the molecule is OC(CNC1CCN(Cc2ccccc2)CC1)C(F)F. The highest BCUT2D eigenvalue weighted by Gasteiger charge is 2.22. The molecule has 1 aromatic carbocycles. The number of nitrogens with one attached hydrogen (secondary N) is 1. The number of likely N-dealkylation sites (tertiary alicyclic amines) is 1. The summed E-state index contributed by atoms with van der Waals surface area (Å²) in [7, 11) is 0. The first-order valence-electron chi connectivity index (χ1n) is 7.11. The number of halogens is 2. The summed E-state index contributed by atoms with van der Waals surface area (Å²) in [6.07, 6.45) is -2.36. The Kier molecular flexibility index (Phi) is 5.88. The molecule has 1 saturated heterocycles. The van der Waals surface area contributed by atoms with Gasteiger partial charge in [0, 0.05) is 19.1 Å². The predicted molar refractivity (Wildman–Crippen MR) is 74.8 cm³/mol.